The number of nitrogen functional groups attached to an aromatic ring is 1. The Bertz CT molecular complexity index is 363. The van der Waals surface area contributed by atoms with Gasteiger partial charge < -0.3 is 15.7 Å². The summed E-state index contributed by atoms with van der Waals surface area (Å²) < 4.78 is 0. The van der Waals surface area contributed by atoms with Crippen LogP contribution in [0, 0.1) is 0 Å². The van der Waals surface area contributed by atoms with Crippen molar-refractivity contribution < 1.29 is 9.90 Å². The van der Waals surface area contributed by atoms with Gasteiger partial charge in [-0.1, -0.05) is 12.1 Å². The first-order valence-electron chi connectivity index (χ1n) is 6.32. The zero-order chi connectivity index (χ0) is 13.4. The molecule has 100 valence electrons. The van der Waals surface area contributed by atoms with Gasteiger partial charge in [-0.15, -0.1) is 0 Å². The first-order valence-corrected chi connectivity index (χ1v) is 6.32. The average molecular weight is 250 g/mol. The van der Waals surface area contributed by atoms with Gasteiger partial charge in [0.05, 0.1) is 6.42 Å². The molecule has 1 rings (SSSR count). The maximum absolute atomic E-state index is 11.9. The quantitative estimate of drug-likeness (QED) is 0.568. The van der Waals surface area contributed by atoms with E-state index in [1.807, 2.05) is 31.3 Å². The van der Waals surface area contributed by atoms with Gasteiger partial charge in [-0.05, 0) is 37.0 Å². The zero-order valence-electron chi connectivity index (χ0n) is 10.9. The number of nitrogens with zero attached hydrogens (tertiary/aromatic N) is 1. The number of unbranched alkanes of at least 4 members (excludes halogenated alkanes) is 2. The summed E-state index contributed by atoms with van der Waals surface area (Å²) in [6, 6.07) is 7.38. The van der Waals surface area contributed by atoms with Crippen molar-refractivity contribution in [3.63, 3.8) is 0 Å². The number of amides is 1. The van der Waals surface area contributed by atoms with Crippen LogP contribution >= 0.6 is 0 Å². The summed E-state index contributed by atoms with van der Waals surface area (Å²) in [5, 5.41) is 8.67. The fourth-order valence-electron chi connectivity index (χ4n) is 1.71. The van der Waals surface area contributed by atoms with E-state index < -0.39 is 0 Å². The van der Waals surface area contributed by atoms with E-state index in [9.17, 15) is 4.79 Å². The third-order valence-corrected chi connectivity index (χ3v) is 2.91. The molecule has 0 atom stereocenters. The largest absolute Gasteiger partial charge is 0.399 e. The summed E-state index contributed by atoms with van der Waals surface area (Å²) in [6.45, 7) is 0.969. The summed E-state index contributed by atoms with van der Waals surface area (Å²) in [5.41, 5.74) is 7.29. The molecule has 0 spiro atoms. The van der Waals surface area contributed by atoms with Crippen LogP contribution in [0.4, 0.5) is 5.69 Å². The number of aliphatic hydroxyl groups is 1. The van der Waals surface area contributed by atoms with Crippen LogP contribution in [-0.2, 0) is 11.2 Å². The number of carbonyl (C=O) groups excluding carboxylic acids is 1. The monoisotopic (exact) mass is 250 g/mol. The highest BCUT2D eigenvalue weighted by molar-refractivity contribution is 5.78. The van der Waals surface area contributed by atoms with Crippen LogP contribution in [0.25, 0.3) is 0 Å². The Morgan fingerprint density at radius 1 is 1.22 bits per heavy atom. The van der Waals surface area contributed by atoms with Crippen LogP contribution < -0.4 is 5.73 Å². The lowest BCUT2D eigenvalue weighted by molar-refractivity contribution is -0.129. The second-order valence-electron chi connectivity index (χ2n) is 4.52. The van der Waals surface area contributed by atoms with E-state index in [0.717, 1.165) is 31.4 Å². The lowest BCUT2D eigenvalue weighted by atomic mass is 10.1. The predicted octanol–water partition coefficient (Wildman–Crippen LogP) is 1.43. The number of benzene rings is 1. The van der Waals surface area contributed by atoms with Crippen molar-refractivity contribution in [2.75, 3.05) is 25.9 Å². The van der Waals surface area contributed by atoms with Crippen LogP contribution in [-0.4, -0.2) is 36.1 Å². The highest BCUT2D eigenvalue weighted by atomic mass is 16.2. The number of hydrogen-bond acceptors (Lipinski definition) is 3. The lowest BCUT2D eigenvalue weighted by Crippen LogP contribution is -2.29. The zero-order valence-corrected chi connectivity index (χ0v) is 10.9. The molecule has 3 N–H and O–H groups in total. The second kappa shape index (κ2) is 7.71. The van der Waals surface area contributed by atoms with Gasteiger partial charge in [0.2, 0.25) is 5.91 Å². The molecule has 4 heteroatoms. The second-order valence-corrected chi connectivity index (χ2v) is 4.52. The molecular weight excluding hydrogens is 228 g/mol. The SMILES string of the molecule is CN(CCCCCO)C(=O)Cc1ccc(N)cc1. The maximum Gasteiger partial charge on any atom is 0.226 e. The van der Waals surface area contributed by atoms with Crippen molar-refractivity contribution in [1.29, 1.82) is 0 Å². The molecule has 0 saturated heterocycles. The molecule has 4 nitrogen and oxygen atoms in total. The molecule has 18 heavy (non-hydrogen) atoms. The fourth-order valence-corrected chi connectivity index (χ4v) is 1.71. The Labute approximate surface area is 108 Å². The summed E-state index contributed by atoms with van der Waals surface area (Å²) in [6.07, 6.45) is 3.11. The molecule has 0 radical (unpaired) electrons. The van der Waals surface area contributed by atoms with Gasteiger partial charge >= 0.3 is 0 Å². The molecule has 0 fully saturated rings. The number of aliphatic hydroxyl groups excluding tert-OH is 1. The van der Waals surface area contributed by atoms with Crippen molar-refractivity contribution in [3.05, 3.63) is 29.8 Å². The number of carbonyl (C=O) groups is 1. The molecular formula is C14H22N2O2. The van der Waals surface area contributed by atoms with Crippen LogP contribution in [0.5, 0.6) is 0 Å². The summed E-state index contributed by atoms with van der Waals surface area (Å²) in [7, 11) is 1.82. The van der Waals surface area contributed by atoms with Gasteiger partial charge in [0.15, 0.2) is 0 Å². The molecule has 0 bridgehead atoms. The van der Waals surface area contributed by atoms with Gasteiger partial charge in [0.1, 0.15) is 0 Å². The van der Waals surface area contributed by atoms with E-state index in [1.165, 1.54) is 0 Å². The van der Waals surface area contributed by atoms with Crippen LogP contribution in [0.3, 0.4) is 0 Å². The van der Waals surface area contributed by atoms with E-state index in [-0.39, 0.29) is 12.5 Å². The molecule has 0 unspecified atom stereocenters. The minimum Gasteiger partial charge on any atom is -0.399 e. The Morgan fingerprint density at radius 2 is 1.89 bits per heavy atom. The van der Waals surface area contributed by atoms with E-state index in [2.05, 4.69) is 0 Å². The van der Waals surface area contributed by atoms with Crippen molar-refractivity contribution >= 4 is 11.6 Å². The summed E-state index contributed by atoms with van der Waals surface area (Å²) >= 11 is 0. The van der Waals surface area contributed by atoms with Crippen molar-refractivity contribution in [2.24, 2.45) is 0 Å². The van der Waals surface area contributed by atoms with Crippen LogP contribution in [0.1, 0.15) is 24.8 Å². The number of anilines is 1. The highest BCUT2D eigenvalue weighted by Gasteiger charge is 2.08. The Morgan fingerprint density at radius 3 is 2.50 bits per heavy atom. The van der Waals surface area contributed by atoms with Gasteiger partial charge in [-0.3, -0.25) is 4.79 Å². The number of rotatable bonds is 7. The molecule has 0 aliphatic heterocycles. The average Bonchev–Trinajstić information content (AvgIpc) is 2.37. The first-order chi connectivity index (χ1) is 8.63. The standard InChI is InChI=1S/C14H22N2O2/c1-16(9-3-2-4-10-17)14(18)11-12-5-7-13(15)8-6-12/h5-8,17H,2-4,9-11,15H2,1H3. The maximum atomic E-state index is 11.9. The smallest absolute Gasteiger partial charge is 0.226 e. The van der Waals surface area contributed by atoms with Gasteiger partial charge in [0.25, 0.3) is 0 Å². The normalized spacial score (nSPS) is 10.3. The van der Waals surface area contributed by atoms with Crippen LogP contribution in [0.2, 0.25) is 0 Å². The number of hydrogen-bond donors (Lipinski definition) is 2. The van der Waals surface area contributed by atoms with Gasteiger partial charge in [-0.2, -0.15) is 0 Å². The molecule has 0 aliphatic rings. The molecule has 0 saturated carbocycles. The number of likely N-dealkylation sites (N-methyl/N-ethyl adjacent to an activating group) is 1. The van der Waals surface area contributed by atoms with Crippen molar-refractivity contribution in [2.45, 2.75) is 25.7 Å². The molecule has 1 aromatic rings. The highest BCUT2D eigenvalue weighted by Crippen LogP contribution is 2.07. The first kappa shape index (κ1) is 14.5. The number of nitrogens with two attached hydrogens (primary N) is 1. The van der Waals surface area contributed by atoms with Gasteiger partial charge in [-0.25, -0.2) is 0 Å². The van der Waals surface area contributed by atoms with Crippen molar-refractivity contribution in [1.82, 2.24) is 4.90 Å². The minimum absolute atomic E-state index is 0.115. The third kappa shape index (κ3) is 5.19. The predicted molar refractivity (Wildman–Crippen MR) is 73.1 cm³/mol. The van der Waals surface area contributed by atoms with Gasteiger partial charge in [0, 0.05) is 25.9 Å². The Hall–Kier alpha value is -1.55. The molecule has 0 aliphatic carbocycles. The molecule has 1 aromatic carbocycles. The fraction of sp³-hybridized carbons (Fsp3) is 0.500. The third-order valence-electron chi connectivity index (χ3n) is 2.91. The van der Waals surface area contributed by atoms with Crippen molar-refractivity contribution in [3.8, 4) is 0 Å². The molecule has 0 aromatic heterocycles. The summed E-state index contributed by atoms with van der Waals surface area (Å²) in [5.74, 6) is 0.115. The molecule has 0 heterocycles. The van der Waals surface area contributed by atoms with E-state index in [0.29, 0.717) is 12.1 Å². The topological polar surface area (TPSA) is 66.6 Å². The molecule has 1 amide bonds. The van der Waals surface area contributed by atoms with E-state index in [4.69, 9.17) is 10.8 Å². The Kier molecular flexibility index (Phi) is 6.22. The summed E-state index contributed by atoms with van der Waals surface area (Å²) in [4.78, 5) is 13.7. The van der Waals surface area contributed by atoms with Crippen LogP contribution in [0.15, 0.2) is 24.3 Å². The van der Waals surface area contributed by atoms with E-state index in [1.54, 1.807) is 4.90 Å². The Balaban J connectivity index is 2.33. The van der Waals surface area contributed by atoms with E-state index >= 15 is 0 Å². The minimum atomic E-state index is 0.115. The lowest BCUT2D eigenvalue weighted by Gasteiger charge is -2.17.